The lowest BCUT2D eigenvalue weighted by molar-refractivity contribution is -0.0556. The summed E-state index contributed by atoms with van der Waals surface area (Å²) in [5.74, 6) is 0. The molecule has 0 aromatic heterocycles. The summed E-state index contributed by atoms with van der Waals surface area (Å²) >= 11 is 0. The maximum absolute atomic E-state index is 10.9. The summed E-state index contributed by atoms with van der Waals surface area (Å²) in [5.41, 5.74) is 0.809. The molecular weight excluding hydrogens is 204 g/mol. The van der Waals surface area contributed by atoms with E-state index in [0.29, 0.717) is 0 Å². The molecule has 78 valence electrons. The Morgan fingerprint density at radius 3 is 2.36 bits per heavy atom. The third kappa shape index (κ3) is 3.08. The molecule has 1 aromatic carbocycles. The summed E-state index contributed by atoms with van der Waals surface area (Å²) in [7, 11) is -2.54. The van der Waals surface area contributed by atoms with Gasteiger partial charge in [-0.3, -0.25) is 4.84 Å². The Morgan fingerprint density at radius 2 is 1.93 bits per heavy atom. The molecule has 0 unspecified atom stereocenters. The highest BCUT2D eigenvalue weighted by Crippen LogP contribution is 2.06. The molecule has 0 aliphatic rings. The number of rotatable bonds is 4. The first-order valence-corrected chi connectivity index (χ1v) is 5.43. The van der Waals surface area contributed by atoms with Gasteiger partial charge >= 0.3 is 0 Å². The summed E-state index contributed by atoms with van der Waals surface area (Å²) < 4.78 is 22.6. The van der Waals surface area contributed by atoms with Crippen LogP contribution in [-0.4, -0.2) is 20.0 Å². The van der Waals surface area contributed by atoms with Crippen LogP contribution in [0.3, 0.4) is 0 Å². The Balaban J connectivity index is 2.77. The minimum absolute atomic E-state index is 0.107. The van der Waals surface area contributed by atoms with Crippen LogP contribution in [0.4, 0.5) is 0 Å². The van der Waals surface area contributed by atoms with Crippen molar-refractivity contribution in [2.24, 2.45) is 5.14 Å². The fourth-order valence-electron chi connectivity index (χ4n) is 0.991. The normalized spacial score (nSPS) is 11.9. The molecule has 1 aromatic rings. The van der Waals surface area contributed by atoms with Gasteiger partial charge in [-0.15, -0.1) is 0 Å². The van der Waals surface area contributed by atoms with Gasteiger partial charge in [0.05, 0.1) is 13.7 Å². The van der Waals surface area contributed by atoms with Gasteiger partial charge in [-0.05, 0) is 5.56 Å². The summed E-state index contributed by atoms with van der Waals surface area (Å²) in [6, 6.07) is 9.05. The van der Waals surface area contributed by atoms with Gasteiger partial charge < -0.3 is 0 Å². The van der Waals surface area contributed by atoms with Gasteiger partial charge in [-0.2, -0.15) is 8.42 Å². The third-order valence-corrected chi connectivity index (χ3v) is 2.49. The van der Waals surface area contributed by atoms with Crippen LogP contribution in [0.5, 0.6) is 0 Å². The highest BCUT2D eigenvalue weighted by atomic mass is 32.2. The zero-order valence-corrected chi connectivity index (χ0v) is 8.57. The lowest BCUT2D eigenvalue weighted by Gasteiger charge is -2.15. The molecule has 14 heavy (non-hydrogen) atoms. The van der Waals surface area contributed by atoms with Crippen LogP contribution in [0.2, 0.25) is 0 Å². The molecule has 0 aliphatic carbocycles. The van der Waals surface area contributed by atoms with Crippen molar-refractivity contribution in [1.29, 1.82) is 0 Å². The van der Waals surface area contributed by atoms with Gasteiger partial charge in [-0.1, -0.05) is 34.8 Å². The van der Waals surface area contributed by atoms with Crippen molar-refractivity contribution >= 4 is 10.2 Å². The first kappa shape index (κ1) is 11.1. The van der Waals surface area contributed by atoms with Crippen LogP contribution in [0.15, 0.2) is 30.3 Å². The molecule has 6 heteroatoms. The van der Waals surface area contributed by atoms with Crippen molar-refractivity contribution < 1.29 is 13.3 Å². The second-order valence-electron chi connectivity index (χ2n) is 2.67. The fraction of sp³-hybridized carbons (Fsp3) is 0.250. The van der Waals surface area contributed by atoms with E-state index in [2.05, 4.69) is 4.84 Å². The van der Waals surface area contributed by atoms with E-state index in [1.807, 2.05) is 18.2 Å². The van der Waals surface area contributed by atoms with Crippen LogP contribution in [-0.2, 0) is 21.6 Å². The predicted molar refractivity (Wildman–Crippen MR) is 52.1 cm³/mol. The van der Waals surface area contributed by atoms with E-state index in [-0.39, 0.29) is 6.54 Å². The molecule has 0 heterocycles. The second-order valence-corrected chi connectivity index (χ2v) is 4.11. The Hall–Kier alpha value is -0.950. The largest absolute Gasteiger partial charge is 0.299 e. The molecule has 0 radical (unpaired) electrons. The minimum Gasteiger partial charge on any atom is -0.286 e. The first-order valence-electron chi connectivity index (χ1n) is 3.92. The number of nitrogens with zero attached hydrogens (tertiary/aromatic N) is 1. The van der Waals surface area contributed by atoms with E-state index in [0.717, 1.165) is 10.0 Å². The molecule has 0 saturated carbocycles. The topological polar surface area (TPSA) is 72.6 Å². The van der Waals surface area contributed by atoms with Crippen LogP contribution in [0, 0.1) is 0 Å². The first-order chi connectivity index (χ1) is 6.54. The van der Waals surface area contributed by atoms with Crippen molar-refractivity contribution in [2.75, 3.05) is 7.11 Å². The van der Waals surface area contributed by atoms with E-state index in [1.165, 1.54) is 7.11 Å². The smallest absolute Gasteiger partial charge is 0.286 e. The van der Waals surface area contributed by atoms with Gasteiger partial charge in [-0.25, -0.2) is 5.14 Å². The van der Waals surface area contributed by atoms with Crippen LogP contribution >= 0.6 is 0 Å². The summed E-state index contributed by atoms with van der Waals surface area (Å²) in [6.07, 6.45) is 0. The fourth-order valence-corrected chi connectivity index (χ4v) is 1.53. The highest BCUT2D eigenvalue weighted by Gasteiger charge is 2.16. The number of hydrogen-bond acceptors (Lipinski definition) is 3. The van der Waals surface area contributed by atoms with Gasteiger partial charge in [0.1, 0.15) is 0 Å². The van der Waals surface area contributed by atoms with E-state index in [9.17, 15) is 8.42 Å². The van der Waals surface area contributed by atoms with Crippen molar-refractivity contribution in [3.05, 3.63) is 35.9 Å². The van der Waals surface area contributed by atoms with Crippen molar-refractivity contribution in [2.45, 2.75) is 6.54 Å². The molecule has 0 atom stereocenters. The van der Waals surface area contributed by atoms with Crippen LogP contribution in [0.25, 0.3) is 0 Å². The zero-order valence-electron chi connectivity index (χ0n) is 7.75. The molecule has 0 fully saturated rings. The number of hydroxylamine groups is 1. The average Bonchev–Trinajstić information content (AvgIpc) is 2.14. The Morgan fingerprint density at radius 1 is 1.36 bits per heavy atom. The molecule has 0 bridgehead atoms. The Bertz CT molecular complexity index is 377. The van der Waals surface area contributed by atoms with Gasteiger partial charge in [0.25, 0.3) is 10.2 Å². The molecule has 1 rings (SSSR count). The summed E-state index contributed by atoms with van der Waals surface area (Å²) in [4.78, 5) is 4.64. The van der Waals surface area contributed by atoms with E-state index < -0.39 is 10.2 Å². The van der Waals surface area contributed by atoms with E-state index >= 15 is 0 Å². The number of hydrogen-bond donors (Lipinski definition) is 1. The standard InChI is InChI=1S/C8H12N2O3S/c1-13-10(14(9,11)12)7-8-5-3-2-4-6-8/h2-6H,7H2,1H3,(H2,9,11,12). The predicted octanol–water partition coefficient (Wildman–Crippen LogP) is 0.254. The molecule has 0 aliphatic heterocycles. The van der Waals surface area contributed by atoms with Gasteiger partial charge in [0, 0.05) is 0 Å². The third-order valence-electron chi connectivity index (χ3n) is 1.64. The average molecular weight is 216 g/mol. The molecule has 0 amide bonds. The van der Waals surface area contributed by atoms with E-state index in [1.54, 1.807) is 12.1 Å². The zero-order chi connectivity index (χ0) is 10.6. The monoisotopic (exact) mass is 216 g/mol. The molecule has 0 saturated heterocycles. The maximum Gasteiger partial charge on any atom is 0.299 e. The Kier molecular flexibility index (Phi) is 3.59. The molecule has 0 spiro atoms. The minimum atomic E-state index is -3.80. The quantitative estimate of drug-likeness (QED) is 0.733. The second kappa shape index (κ2) is 4.52. The van der Waals surface area contributed by atoms with Gasteiger partial charge in [0.15, 0.2) is 0 Å². The maximum atomic E-state index is 10.9. The molecular formula is C8H12N2O3S. The highest BCUT2D eigenvalue weighted by molar-refractivity contribution is 7.86. The van der Waals surface area contributed by atoms with Crippen LogP contribution in [0.1, 0.15) is 5.56 Å². The lowest BCUT2D eigenvalue weighted by atomic mass is 10.2. The summed E-state index contributed by atoms with van der Waals surface area (Å²) in [5, 5.41) is 4.91. The Labute approximate surface area is 83.2 Å². The number of nitrogens with two attached hydrogens (primary N) is 1. The van der Waals surface area contributed by atoms with E-state index in [4.69, 9.17) is 5.14 Å². The van der Waals surface area contributed by atoms with Crippen molar-refractivity contribution in [1.82, 2.24) is 4.47 Å². The SMILES string of the molecule is CON(Cc1ccccc1)S(N)(=O)=O. The van der Waals surface area contributed by atoms with Crippen LogP contribution < -0.4 is 5.14 Å². The lowest BCUT2D eigenvalue weighted by Crippen LogP contribution is -2.35. The van der Waals surface area contributed by atoms with Crippen molar-refractivity contribution in [3.63, 3.8) is 0 Å². The molecule has 5 nitrogen and oxygen atoms in total. The number of benzene rings is 1. The molecule has 2 N–H and O–H groups in total. The van der Waals surface area contributed by atoms with Crippen molar-refractivity contribution in [3.8, 4) is 0 Å². The van der Waals surface area contributed by atoms with Gasteiger partial charge in [0.2, 0.25) is 0 Å². The summed E-state index contributed by atoms with van der Waals surface area (Å²) in [6.45, 7) is 0.107.